The maximum Gasteiger partial charge on any atom is 0.193 e. The Kier molecular flexibility index (Phi) is 9.16. The van der Waals surface area contributed by atoms with E-state index in [1.165, 1.54) is 0 Å². The van der Waals surface area contributed by atoms with Crippen molar-refractivity contribution in [3.05, 3.63) is 12.7 Å². The number of guanidine groups is 1. The summed E-state index contributed by atoms with van der Waals surface area (Å²) in [5, 5.41) is 3.45. The van der Waals surface area contributed by atoms with Gasteiger partial charge in [0, 0.05) is 46.8 Å². The molecule has 0 bridgehead atoms. The molecule has 2 unspecified atom stereocenters. The molecule has 5 heteroatoms. The van der Waals surface area contributed by atoms with Crippen LogP contribution in [0.1, 0.15) is 33.1 Å². The van der Waals surface area contributed by atoms with Crippen molar-refractivity contribution in [2.75, 3.05) is 46.8 Å². The fourth-order valence-corrected chi connectivity index (χ4v) is 2.93. The molecule has 1 saturated heterocycles. The molecule has 0 aromatic rings. The van der Waals surface area contributed by atoms with Gasteiger partial charge >= 0.3 is 0 Å². The summed E-state index contributed by atoms with van der Waals surface area (Å²) in [5.41, 5.74) is 0. The van der Waals surface area contributed by atoms with E-state index < -0.39 is 0 Å². The number of morpholine rings is 1. The van der Waals surface area contributed by atoms with Gasteiger partial charge in [-0.05, 0) is 33.1 Å². The first-order chi connectivity index (χ1) is 10.6. The number of ether oxygens (including phenoxy) is 1. The van der Waals surface area contributed by atoms with Crippen LogP contribution < -0.4 is 5.32 Å². The van der Waals surface area contributed by atoms with E-state index in [1.54, 1.807) is 0 Å². The summed E-state index contributed by atoms with van der Waals surface area (Å²) in [4.78, 5) is 9.03. The summed E-state index contributed by atoms with van der Waals surface area (Å²) in [5.74, 6) is 0.979. The van der Waals surface area contributed by atoms with E-state index in [4.69, 9.17) is 4.74 Å². The minimum atomic E-state index is 0.348. The molecule has 0 aromatic carbocycles. The molecular formula is C17H34N4O. The zero-order chi connectivity index (χ0) is 16.4. The molecule has 1 rings (SSSR count). The highest BCUT2D eigenvalue weighted by atomic mass is 16.5. The third-order valence-corrected chi connectivity index (χ3v) is 3.90. The summed E-state index contributed by atoms with van der Waals surface area (Å²) in [6.07, 6.45) is 5.95. The number of hydrogen-bond acceptors (Lipinski definition) is 3. The van der Waals surface area contributed by atoms with Crippen LogP contribution in [0.2, 0.25) is 0 Å². The largest absolute Gasteiger partial charge is 0.373 e. The van der Waals surface area contributed by atoms with Crippen molar-refractivity contribution < 1.29 is 4.74 Å². The van der Waals surface area contributed by atoms with Gasteiger partial charge in [0.15, 0.2) is 5.96 Å². The number of unbranched alkanes of at least 4 members (excludes halogenated alkanes) is 1. The van der Waals surface area contributed by atoms with E-state index >= 15 is 0 Å². The second-order valence-corrected chi connectivity index (χ2v) is 6.20. The van der Waals surface area contributed by atoms with Gasteiger partial charge in [0.05, 0.1) is 12.2 Å². The molecule has 128 valence electrons. The van der Waals surface area contributed by atoms with Crippen molar-refractivity contribution in [2.24, 2.45) is 4.99 Å². The first-order valence-corrected chi connectivity index (χ1v) is 8.47. The first-order valence-electron chi connectivity index (χ1n) is 8.47. The molecule has 0 aromatic heterocycles. The Labute approximate surface area is 136 Å². The monoisotopic (exact) mass is 310 g/mol. The molecule has 0 saturated carbocycles. The summed E-state index contributed by atoms with van der Waals surface area (Å²) < 4.78 is 5.77. The number of aliphatic imine (C=N–C) groups is 1. The Balaban J connectivity index is 2.20. The SMILES string of the molecule is C=CCCCN(C)C(=NC)NCCCN1CC(C)OC(C)C1. The molecule has 0 aliphatic carbocycles. The lowest BCUT2D eigenvalue weighted by Gasteiger charge is -2.35. The van der Waals surface area contributed by atoms with Gasteiger partial charge in [-0.2, -0.15) is 0 Å². The van der Waals surface area contributed by atoms with Crippen LogP contribution in [0.25, 0.3) is 0 Å². The Hall–Kier alpha value is -1.07. The van der Waals surface area contributed by atoms with Crippen molar-refractivity contribution in [1.82, 2.24) is 15.1 Å². The van der Waals surface area contributed by atoms with Crippen molar-refractivity contribution >= 4 is 5.96 Å². The zero-order valence-corrected chi connectivity index (χ0v) is 14.8. The average molecular weight is 310 g/mol. The fourth-order valence-electron chi connectivity index (χ4n) is 2.93. The summed E-state index contributed by atoms with van der Waals surface area (Å²) in [6, 6.07) is 0. The molecule has 22 heavy (non-hydrogen) atoms. The number of hydrogen-bond donors (Lipinski definition) is 1. The fraction of sp³-hybridized carbons (Fsp3) is 0.824. The van der Waals surface area contributed by atoms with Crippen LogP contribution in [-0.4, -0.2) is 74.8 Å². The predicted octanol–water partition coefficient (Wildman–Crippen LogP) is 1.96. The van der Waals surface area contributed by atoms with Crippen molar-refractivity contribution in [1.29, 1.82) is 0 Å². The number of rotatable bonds is 8. The Morgan fingerprint density at radius 1 is 1.36 bits per heavy atom. The lowest BCUT2D eigenvalue weighted by atomic mass is 10.2. The third kappa shape index (κ3) is 7.27. The van der Waals surface area contributed by atoms with Crippen molar-refractivity contribution in [2.45, 2.75) is 45.3 Å². The van der Waals surface area contributed by atoms with Crippen LogP contribution in [0.5, 0.6) is 0 Å². The molecule has 2 atom stereocenters. The van der Waals surface area contributed by atoms with Gasteiger partial charge in [0.25, 0.3) is 0 Å². The van der Waals surface area contributed by atoms with E-state index in [0.29, 0.717) is 12.2 Å². The molecule has 1 fully saturated rings. The van der Waals surface area contributed by atoms with E-state index in [0.717, 1.165) is 57.9 Å². The topological polar surface area (TPSA) is 40.1 Å². The van der Waals surface area contributed by atoms with Crippen molar-refractivity contribution in [3.63, 3.8) is 0 Å². The highest BCUT2D eigenvalue weighted by Gasteiger charge is 2.21. The van der Waals surface area contributed by atoms with Gasteiger partial charge in [0.2, 0.25) is 0 Å². The summed E-state index contributed by atoms with van der Waals surface area (Å²) in [7, 11) is 3.93. The van der Waals surface area contributed by atoms with Crippen LogP contribution in [0.4, 0.5) is 0 Å². The van der Waals surface area contributed by atoms with Crippen LogP contribution in [0.3, 0.4) is 0 Å². The molecular weight excluding hydrogens is 276 g/mol. The highest BCUT2D eigenvalue weighted by molar-refractivity contribution is 5.79. The maximum atomic E-state index is 5.77. The van der Waals surface area contributed by atoms with Crippen LogP contribution >= 0.6 is 0 Å². The Bertz CT molecular complexity index is 336. The molecule has 5 nitrogen and oxygen atoms in total. The molecule has 1 aliphatic heterocycles. The minimum Gasteiger partial charge on any atom is -0.373 e. The molecule has 1 heterocycles. The standard InChI is InChI=1S/C17H34N4O/c1-6-7-8-11-20(5)17(18-4)19-10-9-12-21-13-15(2)22-16(3)14-21/h6,15-16H,1,7-14H2,2-5H3,(H,18,19). The normalized spacial score (nSPS) is 23.4. The van der Waals surface area contributed by atoms with Gasteiger partial charge in [-0.3, -0.25) is 9.89 Å². The van der Waals surface area contributed by atoms with Gasteiger partial charge in [-0.25, -0.2) is 0 Å². The molecule has 0 amide bonds. The van der Waals surface area contributed by atoms with Gasteiger partial charge < -0.3 is 15.0 Å². The summed E-state index contributed by atoms with van der Waals surface area (Å²) in [6.45, 7) is 13.2. The molecule has 1 aliphatic rings. The van der Waals surface area contributed by atoms with E-state index in [-0.39, 0.29) is 0 Å². The van der Waals surface area contributed by atoms with Crippen LogP contribution in [-0.2, 0) is 4.74 Å². The second-order valence-electron chi connectivity index (χ2n) is 6.20. The van der Waals surface area contributed by atoms with Gasteiger partial charge in [0.1, 0.15) is 0 Å². The zero-order valence-electron chi connectivity index (χ0n) is 14.8. The second kappa shape index (κ2) is 10.6. The predicted molar refractivity (Wildman–Crippen MR) is 94.5 cm³/mol. The maximum absolute atomic E-state index is 5.77. The van der Waals surface area contributed by atoms with E-state index in [9.17, 15) is 0 Å². The van der Waals surface area contributed by atoms with E-state index in [1.807, 2.05) is 13.1 Å². The third-order valence-electron chi connectivity index (χ3n) is 3.90. The van der Waals surface area contributed by atoms with Crippen LogP contribution in [0, 0.1) is 0 Å². The highest BCUT2D eigenvalue weighted by Crippen LogP contribution is 2.10. The Morgan fingerprint density at radius 2 is 2.05 bits per heavy atom. The molecule has 1 N–H and O–H groups in total. The van der Waals surface area contributed by atoms with E-state index in [2.05, 4.69) is 47.6 Å². The lowest BCUT2D eigenvalue weighted by molar-refractivity contribution is -0.0679. The minimum absolute atomic E-state index is 0.348. The van der Waals surface area contributed by atoms with Crippen LogP contribution in [0.15, 0.2) is 17.6 Å². The van der Waals surface area contributed by atoms with Gasteiger partial charge in [-0.15, -0.1) is 6.58 Å². The number of nitrogens with zero attached hydrogens (tertiary/aromatic N) is 3. The number of nitrogens with one attached hydrogen (secondary N) is 1. The molecule has 0 spiro atoms. The number of allylic oxidation sites excluding steroid dienone is 1. The smallest absolute Gasteiger partial charge is 0.193 e. The average Bonchev–Trinajstić information content (AvgIpc) is 2.46. The van der Waals surface area contributed by atoms with Gasteiger partial charge in [-0.1, -0.05) is 6.08 Å². The quantitative estimate of drug-likeness (QED) is 0.322. The van der Waals surface area contributed by atoms with Crippen molar-refractivity contribution in [3.8, 4) is 0 Å². The lowest BCUT2D eigenvalue weighted by Crippen LogP contribution is -2.46. The summed E-state index contributed by atoms with van der Waals surface area (Å²) >= 11 is 0. The Morgan fingerprint density at radius 3 is 2.64 bits per heavy atom. The molecule has 0 radical (unpaired) electrons. The first kappa shape index (κ1) is 19.0.